The van der Waals surface area contributed by atoms with Crippen molar-refractivity contribution in [1.82, 2.24) is 0 Å². The number of alkyl halides is 3. The Labute approximate surface area is 251 Å². The van der Waals surface area contributed by atoms with E-state index in [0.717, 1.165) is 24.1 Å². The van der Waals surface area contributed by atoms with E-state index < -0.39 is 12.1 Å². The van der Waals surface area contributed by atoms with E-state index >= 15 is 0 Å². The Bertz CT molecular complexity index is 1530. The molecule has 1 unspecified atom stereocenters. The van der Waals surface area contributed by atoms with E-state index in [1.165, 1.54) is 60.8 Å². The van der Waals surface area contributed by atoms with Crippen LogP contribution in [0.2, 0.25) is 0 Å². The number of anilines is 1. The number of ether oxygens (including phenoxy) is 1. The fraction of sp³-hybridized carbons (Fsp3) is 0.290. The molecule has 0 aromatic heterocycles. The van der Waals surface area contributed by atoms with Crippen LogP contribution in [-0.4, -0.2) is 46.5 Å². The predicted molar refractivity (Wildman–Crippen MR) is 167 cm³/mol. The summed E-state index contributed by atoms with van der Waals surface area (Å²) in [5, 5.41) is 20.6. The zero-order valence-corrected chi connectivity index (χ0v) is 24.2. The lowest BCUT2D eigenvalue weighted by atomic mass is 9.95. The van der Waals surface area contributed by atoms with E-state index in [-0.39, 0.29) is 11.6 Å². The molecule has 1 aliphatic heterocycles. The van der Waals surface area contributed by atoms with Gasteiger partial charge in [0.25, 0.3) is 0 Å². The van der Waals surface area contributed by atoms with Crippen molar-refractivity contribution < 1.29 is 23.0 Å². The third-order valence-electron chi connectivity index (χ3n) is 7.15. The molecule has 8 nitrogen and oxygen atoms in total. The lowest BCUT2D eigenvalue weighted by Crippen LogP contribution is -2.45. The minimum absolute atomic E-state index is 0.214. The van der Waals surface area contributed by atoms with E-state index in [1.54, 1.807) is 25.3 Å². The molecule has 43 heavy (non-hydrogen) atoms. The normalized spacial score (nSPS) is 21.1. The van der Waals surface area contributed by atoms with Crippen LogP contribution in [0.5, 0.6) is 5.75 Å². The lowest BCUT2D eigenvalue weighted by Gasteiger charge is -2.33. The smallest absolute Gasteiger partial charge is 0.406 e. The molecule has 1 heterocycles. The minimum Gasteiger partial charge on any atom is -0.406 e. The van der Waals surface area contributed by atoms with Crippen molar-refractivity contribution in [2.24, 2.45) is 25.9 Å². The van der Waals surface area contributed by atoms with E-state index in [4.69, 9.17) is 5.73 Å². The van der Waals surface area contributed by atoms with E-state index in [9.17, 15) is 18.3 Å². The van der Waals surface area contributed by atoms with Crippen LogP contribution in [-0.2, 0) is 0 Å². The molecule has 3 aromatic carbocycles. The van der Waals surface area contributed by atoms with Gasteiger partial charge in [-0.25, -0.2) is 9.98 Å². The third-order valence-corrected chi connectivity index (χ3v) is 8.36. The topological polar surface area (TPSA) is 108 Å². The van der Waals surface area contributed by atoms with Crippen LogP contribution in [0.15, 0.2) is 93.0 Å². The first-order valence-electron chi connectivity index (χ1n) is 13.8. The quantitative estimate of drug-likeness (QED) is 0.163. The summed E-state index contributed by atoms with van der Waals surface area (Å²) in [5.74, 6) is 0.844. The molecule has 0 spiro atoms. The molecule has 3 aromatic rings. The fourth-order valence-corrected chi connectivity index (χ4v) is 6.16. The number of aliphatic hydroxyl groups is 1. The lowest BCUT2D eigenvalue weighted by molar-refractivity contribution is -0.274. The van der Waals surface area contributed by atoms with Gasteiger partial charge in [-0.1, -0.05) is 67.1 Å². The number of rotatable bonds is 8. The Morgan fingerprint density at radius 2 is 1.74 bits per heavy atom. The summed E-state index contributed by atoms with van der Waals surface area (Å²) in [7, 11) is 0. The maximum absolute atomic E-state index is 12.3. The summed E-state index contributed by atoms with van der Waals surface area (Å²) in [6.45, 7) is 1.80. The van der Waals surface area contributed by atoms with Crippen LogP contribution in [0.1, 0.15) is 55.2 Å². The van der Waals surface area contributed by atoms with Gasteiger partial charge in [0, 0.05) is 17.0 Å². The molecule has 0 amide bonds. The first-order valence-corrected chi connectivity index (χ1v) is 14.7. The molecule has 2 fully saturated rings. The van der Waals surface area contributed by atoms with Gasteiger partial charge in [0.05, 0.1) is 11.9 Å². The molecule has 1 atom stereocenters. The molecule has 5 rings (SSSR count). The van der Waals surface area contributed by atoms with Gasteiger partial charge < -0.3 is 15.6 Å². The SMILES string of the molecule is CC1(O)CS/C(=N\N=C\c2ccc(C(N)=NC=Nc3ccc(OC(F)(F)F)cc3)cc2)N1c1ccccc1C1CCCC1. The summed E-state index contributed by atoms with van der Waals surface area (Å²) in [5.41, 5.74) is 9.04. The van der Waals surface area contributed by atoms with Gasteiger partial charge in [0.15, 0.2) is 10.9 Å². The Balaban J connectivity index is 1.24. The molecule has 2 aliphatic rings. The number of thioether (sulfide) groups is 1. The Morgan fingerprint density at radius 3 is 2.44 bits per heavy atom. The number of benzene rings is 3. The van der Waals surface area contributed by atoms with Crippen LogP contribution in [0.4, 0.5) is 24.5 Å². The highest BCUT2D eigenvalue weighted by Gasteiger charge is 2.42. The molecule has 3 N–H and O–H groups in total. The molecule has 1 aliphatic carbocycles. The highest BCUT2D eigenvalue weighted by atomic mass is 32.2. The standard InChI is InChI=1S/C31H31F3N6O2S/c1-30(41)19-43-29(40(30)27-9-5-4-8-26(27)22-6-2-3-7-22)39-38-18-21-10-12-23(13-11-21)28(35)37-20-36-24-14-16-25(17-15-24)42-31(32,33)34/h4-5,8-18,20,22,41H,2-3,6-7,19H2,1H3,(H2,35,36,37)/b38-18+,39-29-. The molecule has 0 bridgehead atoms. The van der Waals surface area contributed by atoms with Crippen molar-refractivity contribution in [3.8, 4) is 5.75 Å². The first-order chi connectivity index (χ1) is 20.6. The van der Waals surface area contributed by atoms with Gasteiger partial charge >= 0.3 is 6.36 Å². The number of halogens is 3. The Hall–Kier alpha value is -4.16. The highest BCUT2D eigenvalue weighted by Crippen LogP contribution is 2.43. The van der Waals surface area contributed by atoms with E-state index in [2.05, 4.69) is 37.1 Å². The summed E-state index contributed by atoms with van der Waals surface area (Å²) in [4.78, 5) is 10.1. The number of aliphatic imine (C=N–C) groups is 2. The number of nitrogens with zero attached hydrogens (tertiary/aromatic N) is 5. The average Bonchev–Trinajstić information content (AvgIpc) is 3.61. The number of amidine groups is 2. The maximum Gasteiger partial charge on any atom is 0.573 e. The average molecular weight is 609 g/mol. The van der Waals surface area contributed by atoms with Crippen LogP contribution in [0, 0.1) is 0 Å². The van der Waals surface area contributed by atoms with Gasteiger partial charge in [-0.05, 0) is 67.1 Å². The van der Waals surface area contributed by atoms with Crippen molar-refractivity contribution in [3.05, 3.63) is 89.5 Å². The summed E-state index contributed by atoms with van der Waals surface area (Å²) < 4.78 is 40.7. The van der Waals surface area contributed by atoms with E-state index in [1.807, 2.05) is 29.2 Å². The molecule has 224 valence electrons. The highest BCUT2D eigenvalue weighted by molar-refractivity contribution is 8.14. The number of para-hydroxylation sites is 1. The molecular formula is C31H31F3N6O2S. The first kappa shape index (κ1) is 30.3. The van der Waals surface area contributed by atoms with Gasteiger partial charge in [0.1, 0.15) is 17.9 Å². The van der Waals surface area contributed by atoms with Crippen LogP contribution >= 0.6 is 11.8 Å². The Kier molecular flexibility index (Phi) is 9.16. The van der Waals surface area contributed by atoms with Crippen molar-refractivity contribution in [2.45, 2.75) is 50.6 Å². The second-order valence-electron chi connectivity index (χ2n) is 10.4. The van der Waals surface area contributed by atoms with Gasteiger partial charge in [-0.15, -0.1) is 18.3 Å². The third kappa shape index (κ3) is 7.82. The zero-order valence-electron chi connectivity index (χ0n) is 23.4. The fourth-order valence-electron chi connectivity index (χ4n) is 5.10. The molecular weight excluding hydrogens is 577 g/mol. The zero-order chi connectivity index (χ0) is 30.5. The van der Waals surface area contributed by atoms with Crippen LogP contribution in [0.25, 0.3) is 0 Å². The van der Waals surface area contributed by atoms with Crippen LogP contribution in [0.3, 0.4) is 0 Å². The molecule has 1 saturated carbocycles. The summed E-state index contributed by atoms with van der Waals surface area (Å²) in [6, 6.07) is 20.5. The largest absolute Gasteiger partial charge is 0.573 e. The molecule has 1 saturated heterocycles. The van der Waals surface area contributed by atoms with Crippen molar-refractivity contribution in [3.63, 3.8) is 0 Å². The summed E-state index contributed by atoms with van der Waals surface area (Å²) >= 11 is 1.47. The maximum atomic E-state index is 12.3. The predicted octanol–water partition coefficient (Wildman–Crippen LogP) is 6.96. The van der Waals surface area contributed by atoms with Crippen molar-refractivity contribution in [2.75, 3.05) is 10.7 Å². The second-order valence-corrected chi connectivity index (χ2v) is 11.4. The molecule has 12 heteroatoms. The monoisotopic (exact) mass is 608 g/mol. The minimum atomic E-state index is -4.75. The molecule has 0 radical (unpaired) electrons. The van der Waals surface area contributed by atoms with Gasteiger partial charge in [0.2, 0.25) is 0 Å². The van der Waals surface area contributed by atoms with Crippen molar-refractivity contribution in [1.29, 1.82) is 0 Å². The van der Waals surface area contributed by atoms with Crippen molar-refractivity contribution >= 4 is 46.7 Å². The van der Waals surface area contributed by atoms with E-state index in [0.29, 0.717) is 28.1 Å². The number of hydrogen-bond donors (Lipinski definition) is 2. The van der Waals surface area contributed by atoms with Crippen LogP contribution < -0.4 is 15.4 Å². The second kappa shape index (κ2) is 13.0. The van der Waals surface area contributed by atoms with Gasteiger partial charge in [-0.3, -0.25) is 4.90 Å². The summed E-state index contributed by atoms with van der Waals surface area (Å²) in [6.07, 6.45) is 2.86. The number of hydrogen-bond acceptors (Lipinski definition) is 6. The Morgan fingerprint density at radius 1 is 1.05 bits per heavy atom. The van der Waals surface area contributed by atoms with Gasteiger partial charge in [-0.2, -0.15) is 5.10 Å². The number of nitrogens with two attached hydrogens (primary N) is 1.